The molecule has 3 aromatic rings. The van der Waals surface area contributed by atoms with Crippen molar-refractivity contribution in [1.29, 1.82) is 0 Å². The van der Waals surface area contributed by atoms with Crippen LogP contribution in [-0.2, 0) is 0 Å². The molecule has 0 atom stereocenters. The minimum Gasteiger partial charge on any atom is -0.455 e. The molecule has 1 aromatic heterocycles. The molecule has 0 radical (unpaired) electrons. The van der Waals surface area contributed by atoms with Crippen LogP contribution in [0.25, 0.3) is 10.9 Å². The summed E-state index contributed by atoms with van der Waals surface area (Å²) in [4.78, 5) is 4.27. The molecule has 20 heavy (non-hydrogen) atoms. The molecule has 0 aliphatic heterocycles. The van der Waals surface area contributed by atoms with Gasteiger partial charge in [0.25, 0.3) is 0 Å². The number of pyridine rings is 1. The van der Waals surface area contributed by atoms with Crippen LogP contribution in [0.2, 0.25) is 10.0 Å². The molecule has 0 amide bonds. The quantitative estimate of drug-likeness (QED) is 0.684. The van der Waals surface area contributed by atoms with Gasteiger partial charge in [-0.05, 0) is 36.4 Å². The van der Waals surface area contributed by atoms with Gasteiger partial charge in [-0.25, -0.2) is 0 Å². The van der Waals surface area contributed by atoms with Crippen LogP contribution in [0.15, 0.2) is 48.7 Å². The van der Waals surface area contributed by atoms with Gasteiger partial charge in [0, 0.05) is 28.4 Å². The number of aromatic nitrogens is 1. The van der Waals surface area contributed by atoms with Crippen LogP contribution in [0.5, 0.6) is 11.5 Å². The first-order valence-corrected chi connectivity index (χ1v) is 6.66. The third kappa shape index (κ3) is 2.50. The summed E-state index contributed by atoms with van der Waals surface area (Å²) in [6, 6.07) is 12.3. The Bertz CT molecular complexity index is 790. The zero-order valence-electron chi connectivity index (χ0n) is 10.3. The summed E-state index contributed by atoms with van der Waals surface area (Å²) in [6.07, 6.45) is 1.66. The van der Waals surface area contributed by atoms with E-state index in [1.807, 2.05) is 6.07 Å². The molecule has 1 heterocycles. The summed E-state index contributed by atoms with van der Waals surface area (Å²) in [5.41, 5.74) is 7.17. The third-order valence-electron chi connectivity index (χ3n) is 2.84. The number of anilines is 1. The van der Waals surface area contributed by atoms with E-state index in [4.69, 9.17) is 33.7 Å². The Kier molecular flexibility index (Phi) is 3.38. The average Bonchev–Trinajstić information content (AvgIpc) is 2.43. The fraction of sp³-hybridized carbons (Fsp3) is 0. The molecular formula is C15H10Cl2N2O. The SMILES string of the molecule is Nc1ccc2c(Oc3cc(Cl)ccc3Cl)ccnc2c1. The van der Waals surface area contributed by atoms with Gasteiger partial charge in [-0.3, -0.25) is 4.98 Å². The first-order valence-electron chi connectivity index (χ1n) is 5.90. The van der Waals surface area contributed by atoms with E-state index in [-0.39, 0.29) is 0 Å². The van der Waals surface area contributed by atoms with Gasteiger partial charge in [0.15, 0.2) is 0 Å². The van der Waals surface area contributed by atoms with Gasteiger partial charge in [0.05, 0.1) is 10.5 Å². The molecule has 5 heteroatoms. The van der Waals surface area contributed by atoms with Crippen molar-refractivity contribution in [2.45, 2.75) is 0 Å². The number of fused-ring (bicyclic) bond motifs is 1. The Morgan fingerprint density at radius 3 is 2.65 bits per heavy atom. The molecule has 2 aromatic carbocycles. The highest BCUT2D eigenvalue weighted by atomic mass is 35.5. The van der Waals surface area contributed by atoms with Gasteiger partial charge in [0.1, 0.15) is 11.5 Å². The maximum Gasteiger partial charge on any atom is 0.147 e. The lowest BCUT2D eigenvalue weighted by Crippen LogP contribution is -1.90. The number of hydrogen-bond donors (Lipinski definition) is 1. The van der Waals surface area contributed by atoms with Crippen molar-refractivity contribution in [2.24, 2.45) is 0 Å². The molecule has 0 spiro atoms. The van der Waals surface area contributed by atoms with Gasteiger partial charge in [-0.2, -0.15) is 0 Å². The van der Waals surface area contributed by atoms with Gasteiger partial charge < -0.3 is 10.5 Å². The number of ether oxygens (including phenoxy) is 1. The molecule has 0 unspecified atom stereocenters. The lowest BCUT2D eigenvalue weighted by Gasteiger charge is -2.10. The Labute approximate surface area is 125 Å². The predicted molar refractivity (Wildman–Crippen MR) is 82.7 cm³/mol. The maximum atomic E-state index is 6.10. The fourth-order valence-corrected chi connectivity index (χ4v) is 2.22. The second-order valence-corrected chi connectivity index (χ2v) is 5.11. The van der Waals surface area contributed by atoms with Crippen LogP contribution in [0.1, 0.15) is 0 Å². The third-order valence-corrected chi connectivity index (χ3v) is 3.39. The highest BCUT2D eigenvalue weighted by Gasteiger charge is 2.08. The number of nitrogens with two attached hydrogens (primary N) is 1. The van der Waals surface area contributed by atoms with Crippen molar-refractivity contribution in [3.63, 3.8) is 0 Å². The van der Waals surface area contributed by atoms with E-state index in [9.17, 15) is 0 Å². The van der Waals surface area contributed by atoms with E-state index in [0.717, 1.165) is 10.9 Å². The van der Waals surface area contributed by atoms with Gasteiger partial charge in [-0.15, -0.1) is 0 Å². The number of halogens is 2. The fourth-order valence-electron chi connectivity index (χ4n) is 1.90. The van der Waals surface area contributed by atoms with E-state index < -0.39 is 0 Å². The molecular weight excluding hydrogens is 295 g/mol. The Balaban J connectivity index is 2.09. The molecule has 0 saturated carbocycles. The molecule has 3 nitrogen and oxygen atoms in total. The van der Waals surface area contributed by atoms with E-state index >= 15 is 0 Å². The molecule has 2 N–H and O–H groups in total. The van der Waals surface area contributed by atoms with Crippen LogP contribution in [-0.4, -0.2) is 4.98 Å². The smallest absolute Gasteiger partial charge is 0.147 e. The van der Waals surface area contributed by atoms with Crippen LogP contribution < -0.4 is 10.5 Å². The van der Waals surface area contributed by atoms with Gasteiger partial charge in [0.2, 0.25) is 0 Å². The van der Waals surface area contributed by atoms with Crippen molar-refractivity contribution in [2.75, 3.05) is 5.73 Å². The lowest BCUT2D eigenvalue weighted by molar-refractivity contribution is 0.488. The summed E-state index contributed by atoms with van der Waals surface area (Å²) in [5.74, 6) is 1.16. The second-order valence-electron chi connectivity index (χ2n) is 4.26. The van der Waals surface area contributed by atoms with Crippen molar-refractivity contribution in [3.8, 4) is 11.5 Å². The monoisotopic (exact) mass is 304 g/mol. The zero-order valence-corrected chi connectivity index (χ0v) is 11.8. The lowest BCUT2D eigenvalue weighted by atomic mass is 10.2. The van der Waals surface area contributed by atoms with Crippen LogP contribution in [0.3, 0.4) is 0 Å². The van der Waals surface area contributed by atoms with Crippen molar-refractivity contribution in [1.82, 2.24) is 4.98 Å². The molecule has 0 bridgehead atoms. The molecule has 0 aliphatic rings. The van der Waals surface area contributed by atoms with E-state index in [0.29, 0.717) is 27.2 Å². The summed E-state index contributed by atoms with van der Waals surface area (Å²) in [5, 5.41) is 1.92. The number of hydrogen-bond acceptors (Lipinski definition) is 3. The molecule has 3 rings (SSSR count). The van der Waals surface area contributed by atoms with Crippen molar-refractivity contribution < 1.29 is 4.74 Å². The highest BCUT2D eigenvalue weighted by molar-refractivity contribution is 6.34. The van der Waals surface area contributed by atoms with E-state index in [1.54, 1.807) is 42.6 Å². The van der Waals surface area contributed by atoms with Crippen LogP contribution >= 0.6 is 23.2 Å². The molecule has 0 aliphatic carbocycles. The van der Waals surface area contributed by atoms with Crippen molar-refractivity contribution in [3.05, 3.63) is 58.7 Å². The van der Waals surface area contributed by atoms with Crippen LogP contribution in [0, 0.1) is 0 Å². The second kappa shape index (κ2) is 5.19. The summed E-state index contributed by atoms with van der Waals surface area (Å²) in [7, 11) is 0. The summed E-state index contributed by atoms with van der Waals surface area (Å²) in [6.45, 7) is 0. The van der Waals surface area contributed by atoms with Gasteiger partial charge >= 0.3 is 0 Å². The number of nitrogen functional groups attached to an aromatic ring is 1. The number of rotatable bonds is 2. The Morgan fingerprint density at radius 2 is 1.80 bits per heavy atom. The zero-order chi connectivity index (χ0) is 14.1. The summed E-state index contributed by atoms with van der Waals surface area (Å²) < 4.78 is 5.85. The topological polar surface area (TPSA) is 48.1 Å². The normalized spacial score (nSPS) is 10.7. The largest absolute Gasteiger partial charge is 0.455 e. The van der Waals surface area contributed by atoms with Gasteiger partial charge in [-0.1, -0.05) is 23.2 Å². The van der Waals surface area contributed by atoms with E-state index in [2.05, 4.69) is 4.98 Å². The maximum absolute atomic E-state index is 6.10. The van der Waals surface area contributed by atoms with E-state index in [1.165, 1.54) is 0 Å². The van der Waals surface area contributed by atoms with Crippen LogP contribution in [0.4, 0.5) is 5.69 Å². The number of benzene rings is 2. The minimum atomic E-state index is 0.495. The Morgan fingerprint density at radius 1 is 0.950 bits per heavy atom. The summed E-state index contributed by atoms with van der Waals surface area (Å²) >= 11 is 12.1. The van der Waals surface area contributed by atoms with Crippen molar-refractivity contribution >= 4 is 39.8 Å². The minimum absolute atomic E-state index is 0.495. The first kappa shape index (κ1) is 13.0. The molecule has 0 fully saturated rings. The molecule has 100 valence electrons. The standard InChI is InChI=1S/C15H10Cl2N2O/c16-9-1-4-12(17)15(7-9)20-14-5-6-19-13-8-10(18)2-3-11(13)14/h1-8H,18H2. The predicted octanol–water partition coefficient (Wildman–Crippen LogP) is 4.92. The average molecular weight is 305 g/mol. The Hall–Kier alpha value is -1.97. The number of nitrogens with zero attached hydrogens (tertiary/aromatic N) is 1. The first-order chi connectivity index (χ1) is 9.63. The molecule has 0 saturated heterocycles. The highest BCUT2D eigenvalue weighted by Crippen LogP contribution is 2.35.